The number of pyridine rings is 1. The number of rotatable bonds is 2. The number of aliphatic hydroxyl groups excluding tert-OH is 1. The standard InChI is InChI=1S/C11H17NO/c1-7(2)11(13)10-6-5-8(3)12-9(10)4/h5-7,11,13H,1-4H3. The Morgan fingerprint density at radius 2 is 1.85 bits per heavy atom. The van der Waals surface area contributed by atoms with Crippen LogP contribution in [0.25, 0.3) is 0 Å². The van der Waals surface area contributed by atoms with Crippen LogP contribution in [0.2, 0.25) is 0 Å². The van der Waals surface area contributed by atoms with E-state index >= 15 is 0 Å². The highest BCUT2D eigenvalue weighted by Crippen LogP contribution is 2.23. The first-order valence-corrected chi connectivity index (χ1v) is 4.64. The first kappa shape index (κ1) is 10.2. The summed E-state index contributed by atoms with van der Waals surface area (Å²) in [5.74, 6) is 0.239. The van der Waals surface area contributed by atoms with E-state index in [2.05, 4.69) is 4.98 Å². The molecule has 0 fully saturated rings. The fourth-order valence-corrected chi connectivity index (χ4v) is 1.37. The van der Waals surface area contributed by atoms with Crippen LogP contribution >= 0.6 is 0 Å². The molecule has 0 aromatic carbocycles. The molecule has 1 N–H and O–H groups in total. The molecule has 2 nitrogen and oxygen atoms in total. The summed E-state index contributed by atoms with van der Waals surface area (Å²) in [5, 5.41) is 9.83. The maximum absolute atomic E-state index is 9.83. The monoisotopic (exact) mass is 179 g/mol. The second kappa shape index (κ2) is 3.88. The van der Waals surface area contributed by atoms with Crippen molar-refractivity contribution >= 4 is 0 Å². The van der Waals surface area contributed by atoms with Crippen LogP contribution in [-0.4, -0.2) is 10.1 Å². The molecule has 0 saturated carbocycles. The molecule has 1 aromatic rings. The van der Waals surface area contributed by atoms with Crippen molar-refractivity contribution in [3.8, 4) is 0 Å². The van der Waals surface area contributed by atoms with Gasteiger partial charge in [-0.2, -0.15) is 0 Å². The Labute approximate surface area is 79.6 Å². The van der Waals surface area contributed by atoms with Gasteiger partial charge in [0.2, 0.25) is 0 Å². The van der Waals surface area contributed by atoms with Crippen LogP contribution in [0.3, 0.4) is 0 Å². The highest BCUT2D eigenvalue weighted by Gasteiger charge is 2.14. The predicted octanol–water partition coefficient (Wildman–Crippen LogP) is 2.39. The Bertz CT molecular complexity index is 294. The lowest BCUT2D eigenvalue weighted by Gasteiger charge is -2.16. The van der Waals surface area contributed by atoms with Crippen molar-refractivity contribution in [2.75, 3.05) is 0 Å². The molecule has 72 valence electrons. The third-order valence-electron chi connectivity index (χ3n) is 2.22. The Hall–Kier alpha value is -0.890. The molecule has 0 bridgehead atoms. The SMILES string of the molecule is Cc1ccc(C(O)C(C)C)c(C)n1. The zero-order valence-electron chi connectivity index (χ0n) is 8.70. The van der Waals surface area contributed by atoms with Gasteiger partial charge in [-0.25, -0.2) is 0 Å². The van der Waals surface area contributed by atoms with Gasteiger partial charge in [0.05, 0.1) is 6.10 Å². The van der Waals surface area contributed by atoms with Gasteiger partial charge in [0, 0.05) is 17.0 Å². The van der Waals surface area contributed by atoms with Gasteiger partial charge in [-0.1, -0.05) is 19.9 Å². The van der Waals surface area contributed by atoms with Crippen LogP contribution < -0.4 is 0 Å². The van der Waals surface area contributed by atoms with Gasteiger partial charge in [-0.05, 0) is 25.8 Å². The minimum Gasteiger partial charge on any atom is -0.388 e. The predicted molar refractivity (Wildman–Crippen MR) is 53.5 cm³/mol. The quantitative estimate of drug-likeness (QED) is 0.756. The number of aliphatic hydroxyl groups is 1. The Morgan fingerprint density at radius 3 is 2.31 bits per heavy atom. The number of hydrogen-bond acceptors (Lipinski definition) is 2. The van der Waals surface area contributed by atoms with E-state index in [1.165, 1.54) is 0 Å². The summed E-state index contributed by atoms with van der Waals surface area (Å²) >= 11 is 0. The van der Waals surface area contributed by atoms with E-state index in [-0.39, 0.29) is 5.92 Å². The second-order valence-electron chi connectivity index (χ2n) is 3.82. The summed E-state index contributed by atoms with van der Waals surface area (Å²) in [7, 11) is 0. The Balaban J connectivity index is 3.01. The van der Waals surface area contributed by atoms with Crippen molar-refractivity contribution < 1.29 is 5.11 Å². The summed E-state index contributed by atoms with van der Waals surface area (Å²) in [5.41, 5.74) is 2.87. The van der Waals surface area contributed by atoms with Gasteiger partial charge in [0.15, 0.2) is 0 Å². The molecule has 1 aromatic heterocycles. The highest BCUT2D eigenvalue weighted by molar-refractivity contribution is 5.24. The molecule has 1 atom stereocenters. The fraction of sp³-hybridized carbons (Fsp3) is 0.545. The minimum absolute atomic E-state index is 0.239. The molecule has 1 unspecified atom stereocenters. The molecular formula is C11H17NO. The molecule has 0 radical (unpaired) electrons. The van der Waals surface area contributed by atoms with E-state index in [1.54, 1.807) is 0 Å². The van der Waals surface area contributed by atoms with Crippen LogP contribution in [0.5, 0.6) is 0 Å². The third-order valence-corrected chi connectivity index (χ3v) is 2.22. The lowest BCUT2D eigenvalue weighted by atomic mass is 9.98. The summed E-state index contributed by atoms with van der Waals surface area (Å²) in [6.07, 6.45) is -0.395. The van der Waals surface area contributed by atoms with E-state index in [4.69, 9.17) is 0 Å². The van der Waals surface area contributed by atoms with Crippen LogP contribution in [-0.2, 0) is 0 Å². The number of aryl methyl sites for hydroxylation is 2. The van der Waals surface area contributed by atoms with Crippen LogP contribution in [0.1, 0.15) is 36.9 Å². The normalized spacial score (nSPS) is 13.4. The first-order chi connectivity index (χ1) is 6.02. The van der Waals surface area contributed by atoms with Crippen LogP contribution in [0, 0.1) is 19.8 Å². The van der Waals surface area contributed by atoms with Gasteiger partial charge in [-0.3, -0.25) is 4.98 Å². The number of nitrogens with zero attached hydrogens (tertiary/aromatic N) is 1. The summed E-state index contributed by atoms with van der Waals surface area (Å²) in [6.45, 7) is 7.90. The average molecular weight is 179 g/mol. The average Bonchev–Trinajstić information content (AvgIpc) is 2.03. The first-order valence-electron chi connectivity index (χ1n) is 4.64. The molecule has 1 rings (SSSR count). The van der Waals surface area contributed by atoms with Gasteiger partial charge < -0.3 is 5.11 Å². The minimum atomic E-state index is -0.395. The molecule has 1 heterocycles. The van der Waals surface area contributed by atoms with Crippen molar-refractivity contribution in [1.29, 1.82) is 0 Å². The molecule has 0 saturated heterocycles. The Morgan fingerprint density at radius 1 is 1.23 bits per heavy atom. The van der Waals surface area contributed by atoms with E-state index in [0.717, 1.165) is 17.0 Å². The third kappa shape index (κ3) is 2.28. The van der Waals surface area contributed by atoms with E-state index in [0.29, 0.717) is 0 Å². The maximum Gasteiger partial charge on any atom is 0.0830 e. The van der Waals surface area contributed by atoms with Crippen molar-refractivity contribution in [3.63, 3.8) is 0 Å². The zero-order chi connectivity index (χ0) is 10.0. The van der Waals surface area contributed by atoms with Crippen LogP contribution in [0.4, 0.5) is 0 Å². The van der Waals surface area contributed by atoms with E-state index in [9.17, 15) is 5.11 Å². The van der Waals surface area contributed by atoms with Crippen LogP contribution in [0.15, 0.2) is 12.1 Å². The molecular weight excluding hydrogens is 162 g/mol. The number of aromatic nitrogens is 1. The Kier molecular flexibility index (Phi) is 3.04. The maximum atomic E-state index is 9.83. The van der Waals surface area contributed by atoms with Gasteiger partial charge in [-0.15, -0.1) is 0 Å². The van der Waals surface area contributed by atoms with Crippen molar-refractivity contribution in [2.24, 2.45) is 5.92 Å². The highest BCUT2D eigenvalue weighted by atomic mass is 16.3. The summed E-state index contributed by atoms with van der Waals surface area (Å²) in [4.78, 5) is 4.32. The fourth-order valence-electron chi connectivity index (χ4n) is 1.37. The topological polar surface area (TPSA) is 33.1 Å². The van der Waals surface area contributed by atoms with E-state index < -0.39 is 6.10 Å². The van der Waals surface area contributed by atoms with Crippen molar-refractivity contribution in [2.45, 2.75) is 33.8 Å². The second-order valence-corrected chi connectivity index (χ2v) is 3.82. The molecule has 0 aliphatic rings. The zero-order valence-corrected chi connectivity index (χ0v) is 8.70. The summed E-state index contributed by atoms with van der Waals surface area (Å²) in [6, 6.07) is 3.90. The molecule has 2 heteroatoms. The largest absolute Gasteiger partial charge is 0.388 e. The van der Waals surface area contributed by atoms with E-state index in [1.807, 2.05) is 39.8 Å². The molecule has 0 aliphatic heterocycles. The molecule has 13 heavy (non-hydrogen) atoms. The van der Waals surface area contributed by atoms with Crippen molar-refractivity contribution in [3.05, 3.63) is 29.1 Å². The molecule has 0 amide bonds. The van der Waals surface area contributed by atoms with Crippen molar-refractivity contribution in [1.82, 2.24) is 4.98 Å². The van der Waals surface area contributed by atoms with Gasteiger partial charge >= 0.3 is 0 Å². The summed E-state index contributed by atoms with van der Waals surface area (Å²) < 4.78 is 0. The smallest absolute Gasteiger partial charge is 0.0830 e. The van der Waals surface area contributed by atoms with Gasteiger partial charge in [0.1, 0.15) is 0 Å². The molecule has 0 spiro atoms. The number of hydrogen-bond donors (Lipinski definition) is 1. The lowest BCUT2D eigenvalue weighted by molar-refractivity contribution is 0.126. The molecule has 0 aliphatic carbocycles. The lowest BCUT2D eigenvalue weighted by Crippen LogP contribution is -2.08. The van der Waals surface area contributed by atoms with Gasteiger partial charge in [0.25, 0.3) is 0 Å².